The first-order chi connectivity index (χ1) is 10.2. The van der Waals surface area contributed by atoms with Gasteiger partial charge in [-0.3, -0.25) is 14.5 Å². The molecule has 1 unspecified atom stereocenters. The summed E-state index contributed by atoms with van der Waals surface area (Å²) in [6.45, 7) is 3.30. The van der Waals surface area contributed by atoms with E-state index in [0.717, 1.165) is 26.2 Å². The zero-order chi connectivity index (χ0) is 14.8. The van der Waals surface area contributed by atoms with E-state index in [9.17, 15) is 9.59 Å². The molecule has 0 aliphatic carbocycles. The number of ether oxygens (including phenoxy) is 1. The van der Waals surface area contributed by atoms with Gasteiger partial charge >= 0.3 is 0 Å². The Morgan fingerprint density at radius 3 is 2.62 bits per heavy atom. The van der Waals surface area contributed by atoms with Gasteiger partial charge in [-0.25, -0.2) is 4.90 Å². The number of piperazine rings is 1. The van der Waals surface area contributed by atoms with Gasteiger partial charge in [-0.1, -0.05) is 12.1 Å². The Labute approximate surface area is 123 Å². The monoisotopic (exact) mass is 289 g/mol. The number of methoxy groups -OCH3 is 1. The van der Waals surface area contributed by atoms with Crippen molar-refractivity contribution < 1.29 is 14.3 Å². The Balaban J connectivity index is 1.86. The predicted octanol–water partition coefficient (Wildman–Crippen LogP) is 0.232. The van der Waals surface area contributed by atoms with Crippen LogP contribution in [0.15, 0.2) is 24.3 Å². The molecule has 2 heterocycles. The SMILES string of the molecule is COc1ccccc1N1C(=O)CC(N2CCNCC2)C1=O. The van der Waals surface area contributed by atoms with E-state index >= 15 is 0 Å². The number of para-hydroxylation sites is 2. The van der Waals surface area contributed by atoms with Crippen LogP contribution < -0.4 is 15.0 Å². The van der Waals surface area contributed by atoms with Crippen LogP contribution in [0.1, 0.15) is 6.42 Å². The number of hydrogen-bond acceptors (Lipinski definition) is 5. The number of anilines is 1. The minimum Gasteiger partial charge on any atom is -0.495 e. The van der Waals surface area contributed by atoms with Gasteiger partial charge in [0.05, 0.1) is 25.3 Å². The van der Waals surface area contributed by atoms with E-state index in [2.05, 4.69) is 10.2 Å². The average Bonchev–Trinajstić information content (AvgIpc) is 2.83. The fourth-order valence-corrected chi connectivity index (χ4v) is 2.96. The minimum atomic E-state index is -0.343. The second-order valence-corrected chi connectivity index (χ2v) is 5.25. The van der Waals surface area contributed by atoms with Crippen molar-refractivity contribution >= 4 is 17.5 Å². The Morgan fingerprint density at radius 1 is 1.19 bits per heavy atom. The Morgan fingerprint density at radius 2 is 1.90 bits per heavy atom. The lowest BCUT2D eigenvalue weighted by molar-refractivity contribution is -0.123. The van der Waals surface area contributed by atoms with Crippen LogP contribution >= 0.6 is 0 Å². The van der Waals surface area contributed by atoms with E-state index in [1.54, 1.807) is 18.2 Å². The third-order valence-electron chi connectivity index (χ3n) is 4.04. The summed E-state index contributed by atoms with van der Waals surface area (Å²) in [7, 11) is 1.54. The number of imide groups is 1. The maximum absolute atomic E-state index is 12.7. The van der Waals surface area contributed by atoms with E-state index < -0.39 is 0 Å². The molecular formula is C15H19N3O3. The first-order valence-electron chi connectivity index (χ1n) is 7.17. The molecule has 1 aromatic carbocycles. The molecule has 0 aromatic heterocycles. The number of benzene rings is 1. The maximum atomic E-state index is 12.7. The quantitative estimate of drug-likeness (QED) is 0.807. The summed E-state index contributed by atoms with van der Waals surface area (Å²) in [5.74, 6) is 0.236. The second kappa shape index (κ2) is 5.83. The fourth-order valence-electron chi connectivity index (χ4n) is 2.96. The Kier molecular flexibility index (Phi) is 3.90. The molecule has 112 valence electrons. The molecule has 0 bridgehead atoms. The molecule has 6 nitrogen and oxygen atoms in total. The van der Waals surface area contributed by atoms with Crippen LogP contribution in [0, 0.1) is 0 Å². The van der Waals surface area contributed by atoms with Gasteiger partial charge < -0.3 is 10.1 Å². The summed E-state index contributed by atoms with van der Waals surface area (Å²) in [4.78, 5) is 28.3. The second-order valence-electron chi connectivity index (χ2n) is 5.25. The highest BCUT2D eigenvalue weighted by Crippen LogP contribution is 2.32. The molecule has 21 heavy (non-hydrogen) atoms. The zero-order valence-corrected chi connectivity index (χ0v) is 12.0. The smallest absolute Gasteiger partial charge is 0.251 e. The number of carbonyl (C=O) groups excluding carboxylic acids is 2. The molecule has 2 fully saturated rings. The first-order valence-corrected chi connectivity index (χ1v) is 7.17. The maximum Gasteiger partial charge on any atom is 0.251 e. The summed E-state index contributed by atoms with van der Waals surface area (Å²) >= 11 is 0. The number of carbonyl (C=O) groups is 2. The van der Waals surface area contributed by atoms with Crippen LogP contribution in [0.4, 0.5) is 5.69 Å². The number of hydrogen-bond donors (Lipinski definition) is 1. The molecule has 2 amide bonds. The fraction of sp³-hybridized carbons (Fsp3) is 0.467. The van der Waals surface area contributed by atoms with Crippen molar-refractivity contribution in [1.29, 1.82) is 0 Å². The lowest BCUT2D eigenvalue weighted by Crippen LogP contribution is -2.51. The Hall–Kier alpha value is -1.92. The van der Waals surface area contributed by atoms with Gasteiger partial charge in [-0.05, 0) is 12.1 Å². The molecule has 0 saturated carbocycles. The largest absolute Gasteiger partial charge is 0.495 e. The molecule has 2 aliphatic heterocycles. The molecule has 0 spiro atoms. The molecule has 2 saturated heterocycles. The van der Waals surface area contributed by atoms with Crippen molar-refractivity contribution in [1.82, 2.24) is 10.2 Å². The van der Waals surface area contributed by atoms with Crippen molar-refractivity contribution in [2.75, 3.05) is 38.2 Å². The summed E-state index contributed by atoms with van der Waals surface area (Å²) < 4.78 is 5.27. The van der Waals surface area contributed by atoms with Crippen LogP contribution in [0.3, 0.4) is 0 Å². The van der Waals surface area contributed by atoms with Crippen molar-refractivity contribution in [3.05, 3.63) is 24.3 Å². The van der Waals surface area contributed by atoms with E-state index in [1.807, 2.05) is 6.07 Å². The summed E-state index contributed by atoms with van der Waals surface area (Å²) in [6.07, 6.45) is 0.247. The molecule has 1 aromatic rings. The highest BCUT2D eigenvalue weighted by molar-refractivity contribution is 6.23. The van der Waals surface area contributed by atoms with Gasteiger partial charge in [0.15, 0.2) is 0 Å². The number of nitrogens with one attached hydrogen (secondary N) is 1. The van der Waals surface area contributed by atoms with Crippen molar-refractivity contribution in [3.63, 3.8) is 0 Å². The molecule has 2 aliphatic rings. The van der Waals surface area contributed by atoms with Crippen LogP contribution in [-0.4, -0.2) is 56.0 Å². The number of amides is 2. The molecule has 1 N–H and O–H groups in total. The summed E-state index contributed by atoms with van der Waals surface area (Å²) in [5.41, 5.74) is 0.535. The van der Waals surface area contributed by atoms with Crippen molar-refractivity contribution in [2.24, 2.45) is 0 Å². The third kappa shape index (κ3) is 2.52. The lowest BCUT2D eigenvalue weighted by atomic mass is 10.2. The van der Waals surface area contributed by atoms with Gasteiger partial charge in [0.1, 0.15) is 5.75 Å². The van der Waals surface area contributed by atoms with Gasteiger partial charge in [0, 0.05) is 26.2 Å². The molecule has 6 heteroatoms. The normalized spacial score (nSPS) is 23.7. The number of nitrogens with zero attached hydrogens (tertiary/aromatic N) is 2. The third-order valence-corrected chi connectivity index (χ3v) is 4.04. The van der Waals surface area contributed by atoms with E-state index in [0.29, 0.717) is 11.4 Å². The molecule has 0 radical (unpaired) electrons. The van der Waals surface area contributed by atoms with E-state index in [1.165, 1.54) is 12.0 Å². The van der Waals surface area contributed by atoms with Crippen LogP contribution in [0.2, 0.25) is 0 Å². The first kappa shape index (κ1) is 14.0. The van der Waals surface area contributed by atoms with Crippen LogP contribution in [0.25, 0.3) is 0 Å². The minimum absolute atomic E-state index is 0.147. The topological polar surface area (TPSA) is 61.9 Å². The number of rotatable bonds is 3. The van der Waals surface area contributed by atoms with Crippen molar-refractivity contribution in [3.8, 4) is 5.75 Å². The van der Waals surface area contributed by atoms with Crippen LogP contribution in [-0.2, 0) is 9.59 Å². The Bertz CT molecular complexity index is 555. The van der Waals surface area contributed by atoms with Gasteiger partial charge in [0.25, 0.3) is 5.91 Å². The molecule has 1 atom stereocenters. The van der Waals surface area contributed by atoms with Gasteiger partial charge in [-0.15, -0.1) is 0 Å². The average molecular weight is 289 g/mol. The van der Waals surface area contributed by atoms with E-state index in [4.69, 9.17) is 4.74 Å². The molecule has 3 rings (SSSR count). The highest BCUT2D eigenvalue weighted by Gasteiger charge is 2.43. The van der Waals surface area contributed by atoms with E-state index in [-0.39, 0.29) is 24.3 Å². The summed E-state index contributed by atoms with van der Waals surface area (Å²) in [6, 6.07) is 6.78. The van der Waals surface area contributed by atoms with Crippen molar-refractivity contribution in [2.45, 2.75) is 12.5 Å². The van der Waals surface area contributed by atoms with Gasteiger partial charge in [-0.2, -0.15) is 0 Å². The predicted molar refractivity (Wildman–Crippen MR) is 78.3 cm³/mol. The standard InChI is InChI=1S/C15H19N3O3/c1-21-13-5-3-2-4-11(13)18-14(19)10-12(15(18)20)17-8-6-16-7-9-17/h2-5,12,16H,6-10H2,1H3. The molecular weight excluding hydrogens is 270 g/mol. The highest BCUT2D eigenvalue weighted by atomic mass is 16.5. The lowest BCUT2D eigenvalue weighted by Gasteiger charge is -2.31. The van der Waals surface area contributed by atoms with Gasteiger partial charge in [0.2, 0.25) is 5.91 Å². The van der Waals surface area contributed by atoms with Crippen LogP contribution in [0.5, 0.6) is 5.75 Å². The zero-order valence-electron chi connectivity index (χ0n) is 12.0. The summed E-state index contributed by atoms with van der Waals surface area (Å²) in [5, 5.41) is 3.25.